The van der Waals surface area contributed by atoms with Gasteiger partial charge in [-0.05, 0) is 53.0 Å². The van der Waals surface area contributed by atoms with Crippen LogP contribution in [0.5, 0.6) is 5.75 Å². The molecule has 0 fully saturated rings. The van der Waals surface area contributed by atoms with Gasteiger partial charge in [-0.15, -0.1) is 0 Å². The van der Waals surface area contributed by atoms with Crippen LogP contribution in [-0.2, 0) is 16.2 Å². The first-order chi connectivity index (χ1) is 10.4. The van der Waals surface area contributed by atoms with Crippen molar-refractivity contribution in [3.63, 3.8) is 0 Å². The van der Waals surface area contributed by atoms with E-state index in [-0.39, 0.29) is 10.8 Å². The average molecular weight is 312 g/mol. The van der Waals surface area contributed by atoms with Gasteiger partial charge in [0.25, 0.3) is 0 Å². The molecule has 1 unspecified atom stereocenters. The zero-order valence-corrected chi connectivity index (χ0v) is 15.4. The van der Waals surface area contributed by atoms with Gasteiger partial charge >= 0.3 is 0 Å². The Morgan fingerprint density at radius 2 is 1.35 bits per heavy atom. The summed E-state index contributed by atoms with van der Waals surface area (Å²) in [7, 11) is 0. The first-order valence-corrected chi connectivity index (χ1v) is 8.03. The van der Waals surface area contributed by atoms with Gasteiger partial charge < -0.3 is 5.11 Å². The lowest BCUT2D eigenvalue weighted by atomic mass is 9.73. The Morgan fingerprint density at radius 1 is 0.913 bits per heavy atom. The molecule has 0 radical (unpaired) electrons. The molecule has 3 heteroatoms. The molecular formula is C20H28N2O. The van der Waals surface area contributed by atoms with E-state index in [1.165, 1.54) is 0 Å². The van der Waals surface area contributed by atoms with Gasteiger partial charge in [0.1, 0.15) is 5.75 Å². The van der Waals surface area contributed by atoms with E-state index in [4.69, 9.17) is 5.26 Å². The largest absolute Gasteiger partial charge is 0.507 e. The maximum absolute atomic E-state index is 10.8. The molecule has 0 aromatic heterocycles. The number of benzene rings is 1. The van der Waals surface area contributed by atoms with Crippen LogP contribution in [-0.4, -0.2) is 5.11 Å². The fourth-order valence-electron chi connectivity index (χ4n) is 2.67. The second-order valence-electron chi connectivity index (χ2n) is 8.52. The number of phenolic OH excluding ortho intramolecular Hbond substituents is 1. The zero-order chi connectivity index (χ0) is 18.1. The number of rotatable bonds is 3. The van der Waals surface area contributed by atoms with Crippen LogP contribution in [0.15, 0.2) is 12.1 Å². The van der Waals surface area contributed by atoms with E-state index in [0.29, 0.717) is 18.6 Å². The Bertz CT molecular complexity index is 628. The predicted molar refractivity (Wildman–Crippen MR) is 93.3 cm³/mol. The lowest BCUT2D eigenvalue weighted by molar-refractivity contribution is 0.420. The standard InChI is InChI=1S/C20H28N2O/c1-18(2,3)15-11-14(20(7,13-22)9-8-10-21)12-16(17(15)23)19(4,5)6/h11-12,23H,8-9H2,1-7H3. The third-order valence-corrected chi connectivity index (χ3v) is 4.35. The van der Waals surface area contributed by atoms with Gasteiger partial charge in [-0.25, -0.2) is 0 Å². The molecule has 0 amide bonds. The van der Waals surface area contributed by atoms with Crippen LogP contribution in [0.2, 0.25) is 0 Å². The monoisotopic (exact) mass is 312 g/mol. The highest BCUT2D eigenvalue weighted by molar-refractivity contribution is 5.52. The Morgan fingerprint density at radius 3 is 1.65 bits per heavy atom. The van der Waals surface area contributed by atoms with Crippen LogP contribution in [0, 0.1) is 22.7 Å². The summed E-state index contributed by atoms with van der Waals surface area (Å²) in [6.45, 7) is 14.2. The second-order valence-corrected chi connectivity index (χ2v) is 8.52. The first-order valence-electron chi connectivity index (χ1n) is 8.03. The highest BCUT2D eigenvalue weighted by atomic mass is 16.3. The summed E-state index contributed by atoms with van der Waals surface area (Å²) in [5, 5.41) is 29.3. The minimum atomic E-state index is -0.733. The van der Waals surface area contributed by atoms with Gasteiger partial charge in [0.15, 0.2) is 0 Å². The topological polar surface area (TPSA) is 67.8 Å². The molecule has 124 valence electrons. The lowest BCUT2D eigenvalue weighted by Crippen LogP contribution is -2.24. The van der Waals surface area contributed by atoms with Gasteiger partial charge in [-0.2, -0.15) is 10.5 Å². The maximum atomic E-state index is 10.8. The number of nitrogens with zero attached hydrogens (tertiary/aromatic N) is 2. The molecule has 1 aromatic carbocycles. The second kappa shape index (κ2) is 6.25. The summed E-state index contributed by atoms with van der Waals surface area (Å²) in [4.78, 5) is 0. The minimum Gasteiger partial charge on any atom is -0.507 e. The summed E-state index contributed by atoms with van der Waals surface area (Å²) < 4.78 is 0. The van der Waals surface area contributed by atoms with Gasteiger partial charge in [0, 0.05) is 6.42 Å². The van der Waals surface area contributed by atoms with E-state index in [9.17, 15) is 10.4 Å². The third kappa shape index (κ3) is 4.05. The van der Waals surface area contributed by atoms with Crippen molar-refractivity contribution in [2.75, 3.05) is 0 Å². The molecule has 3 nitrogen and oxygen atoms in total. The fourth-order valence-corrected chi connectivity index (χ4v) is 2.67. The van der Waals surface area contributed by atoms with Crippen LogP contribution in [0.1, 0.15) is 78.0 Å². The lowest BCUT2D eigenvalue weighted by Gasteiger charge is -2.31. The zero-order valence-electron chi connectivity index (χ0n) is 15.4. The molecule has 1 atom stereocenters. The molecule has 0 saturated heterocycles. The molecule has 1 rings (SSSR count). The van der Waals surface area contributed by atoms with Crippen molar-refractivity contribution in [1.82, 2.24) is 0 Å². The van der Waals surface area contributed by atoms with Gasteiger partial charge in [-0.1, -0.05) is 41.5 Å². The van der Waals surface area contributed by atoms with E-state index >= 15 is 0 Å². The number of nitriles is 2. The number of hydrogen-bond donors (Lipinski definition) is 1. The third-order valence-electron chi connectivity index (χ3n) is 4.35. The highest BCUT2D eigenvalue weighted by Crippen LogP contribution is 2.42. The minimum absolute atomic E-state index is 0.230. The molecule has 0 aliphatic carbocycles. The fraction of sp³-hybridized carbons (Fsp3) is 0.600. The SMILES string of the molecule is CC(C)(C)c1cc(C(C)(C#N)CCC#N)cc(C(C)(C)C)c1O. The van der Waals surface area contributed by atoms with Crippen molar-refractivity contribution in [2.45, 2.75) is 77.6 Å². The predicted octanol–water partition coefficient (Wildman–Crippen LogP) is 5.07. The van der Waals surface area contributed by atoms with E-state index in [2.05, 4.69) is 53.7 Å². The van der Waals surface area contributed by atoms with Gasteiger partial charge in [-0.3, -0.25) is 0 Å². The van der Waals surface area contributed by atoms with Crippen molar-refractivity contribution in [2.24, 2.45) is 0 Å². The van der Waals surface area contributed by atoms with Crippen molar-refractivity contribution in [3.8, 4) is 17.9 Å². The van der Waals surface area contributed by atoms with Crippen molar-refractivity contribution in [1.29, 1.82) is 10.5 Å². The van der Waals surface area contributed by atoms with Gasteiger partial charge in [0.2, 0.25) is 0 Å². The number of aromatic hydroxyl groups is 1. The number of phenols is 1. The molecule has 0 aliphatic rings. The Hall–Kier alpha value is -2.00. The summed E-state index contributed by atoms with van der Waals surface area (Å²) in [6, 6.07) is 8.37. The van der Waals surface area contributed by atoms with Crippen LogP contribution in [0.25, 0.3) is 0 Å². The van der Waals surface area contributed by atoms with Crippen LogP contribution >= 0.6 is 0 Å². The Labute approximate surface area is 140 Å². The first kappa shape index (κ1) is 19.0. The molecule has 0 heterocycles. The molecular weight excluding hydrogens is 284 g/mol. The molecule has 0 bridgehead atoms. The van der Waals surface area contributed by atoms with E-state index in [1.807, 2.05) is 19.1 Å². The van der Waals surface area contributed by atoms with Crippen molar-refractivity contribution >= 4 is 0 Å². The normalized spacial score (nSPS) is 14.7. The Kier molecular flexibility index (Phi) is 5.17. The number of hydrogen-bond acceptors (Lipinski definition) is 3. The summed E-state index contributed by atoms with van der Waals surface area (Å²) >= 11 is 0. The summed E-state index contributed by atoms with van der Waals surface area (Å²) in [5.41, 5.74) is 1.38. The van der Waals surface area contributed by atoms with E-state index < -0.39 is 5.41 Å². The maximum Gasteiger partial charge on any atom is 0.123 e. The smallest absolute Gasteiger partial charge is 0.123 e. The highest BCUT2D eigenvalue weighted by Gasteiger charge is 2.32. The molecule has 1 N–H and O–H groups in total. The van der Waals surface area contributed by atoms with Gasteiger partial charge in [0.05, 0.1) is 17.6 Å². The van der Waals surface area contributed by atoms with E-state index in [1.54, 1.807) is 0 Å². The molecule has 0 saturated carbocycles. The van der Waals surface area contributed by atoms with Crippen LogP contribution < -0.4 is 0 Å². The quantitative estimate of drug-likeness (QED) is 0.847. The molecule has 23 heavy (non-hydrogen) atoms. The molecule has 0 aliphatic heterocycles. The summed E-state index contributed by atoms with van der Waals surface area (Å²) in [5.74, 6) is 0.314. The van der Waals surface area contributed by atoms with Crippen LogP contribution in [0.3, 0.4) is 0 Å². The molecule has 0 spiro atoms. The summed E-state index contributed by atoms with van der Waals surface area (Å²) in [6.07, 6.45) is 0.818. The van der Waals surface area contributed by atoms with E-state index in [0.717, 1.165) is 16.7 Å². The van der Waals surface area contributed by atoms with Crippen molar-refractivity contribution in [3.05, 3.63) is 28.8 Å². The average Bonchev–Trinajstić information content (AvgIpc) is 2.42. The van der Waals surface area contributed by atoms with Crippen LogP contribution in [0.4, 0.5) is 0 Å². The Balaban J connectivity index is 3.70. The van der Waals surface area contributed by atoms with Crippen molar-refractivity contribution < 1.29 is 5.11 Å². The molecule has 1 aromatic rings.